The van der Waals surface area contributed by atoms with Gasteiger partial charge in [0.2, 0.25) is 0 Å². The van der Waals surface area contributed by atoms with Gasteiger partial charge in [0.15, 0.2) is 5.82 Å². The Morgan fingerprint density at radius 2 is 1.96 bits per heavy atom. The molecular weight excluding hydrogens is 356 g/mol. The number of aliphatic hydroxyl groups excluding tert-OH is 1. The van der Waals surface area contributed by atoms with Gasteiger partial charge in [-0.05, 0) is 30.9 Å². The van der Waals surface area contributed by atoms with E-state index in [1.165, 1.54) is 10.5 Å². The summed E-state index contributed by atoms with van der Waals surface area (Å²) in [6, 6.07) is 5.76. The van der Waals surface area contributed by atoms with E-state index >= 15 is 0 Å². The molecular formula is C21H34N4O3. The van der Waals surface area contributed by atoms with E-state index < -0.39 is 0 Å². The van der Waals surface area contributed by atoms with Crippen LogP contribution in [-0.4, -0.2) is 47.4 Å². The third kappa shape index (κ3) is 6.05. The van der Waals surface area contributed by atoms with E-state index in [9.17, 15) is 9.59 Å². The number of carbonyl (C=O) groups excluding carboxylic acids is 2. The number of amides is 2. The molecule has 28 heavy (non-hydrogen) atoms. The number of aryl methyl sites for hydroxylation is 2. The summed E-state index contributed by atoms with van der Waals surface area (Å²) in [6.07, 6.45) is 5.98. The second-order valence-corrected chi connectivity index (χ2v) is 6.31. The van der Waals surface area contributed by atoms with Crippen LogP contribution >= 0.6 is 0 Å². The second kappa shape index (κ2) is 12.9. The smallest absolute Gasteiger partial charge is 0.322 e. The predicted octanol–water partition coefficient (Wildman–Crippen LogP) is 3.43. The molecule has 2 amide bonds. The monoisotopic (exact) mass is 390 g/mol. The number of nitrogens with one attached hydrogen (secondary N) is 1. The molecule has 0 fully saturated rings. The third-order valence-electron chi connectivity index (χ3n) is 4.47. The summed E-state index contributed by atoms with van der Waals surface area (Å²) in [5, 5.41) is 17.0. The first-order chi connectivity index (χ1) is 13.6. The Labute approximate surface area is 167 Å². The highest BCUT2D eigenvalue weighted by Gasteiger charge is 2.21. The highest BCUT2D eigenvalue weighted by Crippen LogP contribution is 2.29. The van der Waals surface area contributed by atoms with Crippen molar-refractivity contribution in [1.29, 1.82) is 0 Å². The molecule has 2 aromatic rings. The summed E-state index contributed by atoms with van der Waals surface area (Å²) in [7, 11) is 3.45. The van der Waals surface area contributed by atoms with E-state index in [1.807, 2.05) is 37.7 Å². The average Bonchev–Trinajstić information content (AvgIpc) is 3.06. The summed E-state index contributed by atoms with van der Waals surface area (Å²) in [4.78, 5) is 24.5. The summed E-state index contributed by atoms with van der Waals surface area (Å²) >= 11 is 0. The van der Waals surface area contributed by atoms with E-state index in [-0.39, 0.29) is 19.1 Å². The zero-order valence-electron chi connectivity index (χ0n) is 17.6. The standard InChI is InChI=1S/C19H28N4O3.C2H6/c1-20-19(26)23(12-8-14-25)18-16-11-7-10-15(17(16)22(2)21-18)9-5-3-4-6-13-24;1-2/h7,10-11,14,24H,3-6,8-9,12-13H2,1-2H3,(H,20,26);1-2H3. The molecule has 1 heterocycles. The van der Waals surface area contributed by atoms with E-state index in [0.29, 0.717) is 12.4 Å². The number of urea groups is 1. The van der Waals surface area contributed by atoms with Crippen LogP contribution < -0.4 is 10.2 Å². The Hall–Kier alpha value is -2.41. The molecule has 1 aromatic heterocycles. The number of fused-ring (bicyclic) bond motifs is 1. The van der Waals surface area contributed by atoms with Crippen molar-refractivity contribution in [3.8, 4) is 0 Å². The van der Waals surface area contributed by atoms with Crippen LogP contribution in [0.2, 0.25) is 0 Å². The molecule has 0 aliphatic carbocycles. The van der Waals surface area contributed by atoms with E-state index in [0.717, 1.165) is 49.3 Å². The quantitative estimate of drug-likeness (QED) is 0.481. The fourth-order valence-electron chi connectivity index (χ4n) is 3.20. The number of para-hydroxylation sites is 1. The number of anilines is 1. The molecule has 1 aromatic carbocycles. The molecule has 0 saturated carbocycles. The van der Waals surface area contributed by atoms with Crippen molar-refractivity contribution in [2.75, 3.05) is 25.1 Å². The largest absolute Gasteiger partial charge is 0.396 e. The average molecular weight is 391 g/mol. The van der Waals surface area contributed by atoms with Gasteiger partial charge in [-0.2, -0.15) is 5.10 Å². The fraction of sp³-hybridized carbons (Fsp3) is 0.571. The predicted molar refractivity (Wildman–Crippen MR) is 114 cm³/mol. The van der Waals surface area contributed by atoms with Crippen LogP contribution in [0.3, 0.4) is 0 Å². The molecule has 0 radical (unpaired) electrons. The van der Waals surface area contributed by atoms with Crippen molar-refractivity contribution >= 4 is 29.0 Å². The zero-order chi connectivity index (χ0) is 20.9. The molecule has 2 rings (SSSR count). The van der Waals surface area contributed by atoms with Gasteiger partial charge in [-0.15, -0.1) is 0 Å². The zero-order valence-corrected chi connectivity index (χ0v) is 17.6. The van der Waals surface area contributed by atoms with Crippen molar-refractivity contribution in [2.45, 2.75) is 52.4 Å². The van der Waals surface area contributed by atoms with Gasteiger partial charge in [-0.25, -0.2) is 4.79 Å². The highest BCUT2D eigenvalue weighted by atomic mass is 16.3. The number of nitrogens with zero attached hydrogens (tertiary/aromatic N) is 3. The SMILES string of the molecule is CC.CNC(=O)N(CCC=O)c1nn(C)c2c(CCCCCCO)cccc12. The van der Waals surface area contributed by atoms with E-state index in [2.05, 4.69) is 16.5 Å². The van der Waals surface area contributed by atoms with Crippen LogP contribution in [0.4, 0.5) is 10.6 Å². The van der Waals surface area contributed by atoms with Crippen molar-refractivity contribution in [3.63, 3.8) is 0 Å². The minimum Gasteiger partial charge on any atom is -0.396 e. The first-order valence-corrected chi connectivity index (χ1v) is 10.1. The van der Waals surface area contributed by atoms with Crippen LogP contribution in [0, 0.1) is 0 Å². The molecule has 156 valence electrons. The Morgan fingerprint density at radius 1 is 1.25 bits per heavy atom. The van der Waals surface area contributed by atoms with Gasteiger partial charge in [0.05, 0.1) is 5.52 Å². The van der Waals surface area contributed by atoms with Crippen molar-refractivity contribution in [1.82, 2.24) is 15.1 Å². The molecule has 0 spiro atoms. The van der Waals surface area contributed by atoms with Gasteiger partial charge in [0.1, 0.15) is 6.29 Å². The van der Waals surface area contributed by atoms with Gasteiger partial charge >= 0.3 is 6.03 Å². The fourth-order valence-corrected chi connectivity index (χ4v) is 3.20. The van der Waals surface area contributed by atoms with Crippen LogP contribution in [0.15, 0.2) is 18.2 Å². The number of rotatable bonds is 10. The lowest BCUT2D eigenvalue weighted by molar-refractivity contribution is -0.107. The Kier molecular flexibility index (Phi) is 10.9. The van der Waals surface area contributed by atoms with Crippen molar-refractivity contribution in [2.24, 2.45) is 7.05 Å². The molecule has 0 unspecified atom stereocenters. The lowest BCUT2D eigenvalue weighted by atomic mass is 10.0. The maximum Gasteiger partial charge on any atom is 0.322 e. The van der Waals surface area contributed by atoms with Gasteiger partial charge in [-0.1, -0.05) is 38.8 Å². The van der Waals surface area contributed by atoms with Crippen LogP contribution in [0.25, 0.3) is 10.9 Å². The van der Waals surface area contributed by atoms with Gasteiger partial charge < -0.3 is 15.2 Å². The van der Waals surface area contributed by atoms with Crippen LogP contribution in [-0.2, 0) is 18.3 Å². The van der Waals surface area contributed by atoms with E-state index in [1.54, 1.807) is 7.05 Å². The van der Waals surface area contributed by atoms with Crippen LogP contribution in [0.1, 0.15) is 51.5 Å². The molecule has 0 aliphatic rings. The lowest BCUT2D eigenvalue weighted by Crippen LogP contribution is -2.39. The minimum absolute atomic E-state index is 0.247. The van der Waals surface area contributed by atoms with Gasteiger partial charge in [-0.3, -0.25) is 9.58 Å². The Morgan fingerprint density at radius 3 is 2.61 bits per heavy atom. The van der Waals surface area contributed by atoms with Gasteiger partial charge in [0.25, 0.3) is 0 Å². The summed E-state index contributed by atoms with van der Waals surface area (Å²) in [6.45, 7) is 4.54. The van der Waals surface area contributed by atoms with Gasteiger partial charge in [0, 0.05) is 39.1 Å². The maximum atomic E-state index is 12.3. The normalized spacial score (nSPS) is 10.3. The highest BCUT2D eigenvalue weighted by molar-refractivity contribution is 6.01. The third-order valence-corrected chi connectivity index (χ3v) is 4.47. The number of benzene rings is 1. The van der Waals surface area contributed by atoms with Crippen LogP contribution in [0.5, 0.6) is 0 Å². The Bertz CT molecular complexity index is 743. The number of aldehydes is 1. The molecule has 0 saturated heterocycles. The first-order valence-electron chi connectivity index (χ1n) is 10.1. The summed E-state index contributed by atoms with van der Waals surface area (Å²) in [5.41, 5.74) is 2.21. The summed E-state index contributed by atoms with van der Waals surface area (Å²) in [5.74, 6) is 0.575. The number of carbonyl (C=O) groups is 2. The minimum atomic E-state index is -0.277. The molecule has 7 heteroatoms. The molecule has 2 N–H and O–H groups in total. The van der Waals surface area contributed by atoms with E-state index in [4.69, 9.17) is 5.11 Å². The number of hydrogen-bond acceptors (Lipinski definition) is 4. The number of hydrogen-bond donors (Lipinski definition) is 2. The topological polar surface area (TPSA) is 87.5 Å². The summed E-state index contributed by atoms with van der Waals surface area (Å²) < 4.78 is 1.81. The molecule has 0 bridgehead atoms. The first kappa shape index (κ1) is 23.6. The molecule has 0 aliphatic heterocycles. The number of aliphatic hydroxyl groups is 1. The molecule has 0 atom stereocenters. The number of unbranched alkanes of at least 4 members (excludes halogenated alkanes) is 3. The lowest BCUT2D eigenvalue weighted by Gasteiger charge is -2.19. The number of aromatic nitrogens is 2. The second-order valence-electron chi connectivity index (χ2n) is 6.31. The Balaban J connectivity index is 0.00000190. The molecule has 7 nitrogen and oxygen atoms in total. The maximum absolute atomic E-state index is 12.3. The van der Waals surface area contributed by atoms with Crippen molar-refractivity contribution in [3.05, 3.63) is 23.8 Å². The van der Waals surface area contributed by atoms with Crippen molar-refractivity contribution < 1.29 is 14.7 Å².